The van der Waals surface area contributed by atoms with Crippen LogP contribution in [0.4, 0.5) is 0 Å². The van der Waals surface area contributed by atoms with Gasteiger partial charge >= 0.3 is 11.9 Å². The Kier molecular flexibility index (Phi) is 9.40. The van der Waals surface area contributed by atoms with Gasteiger partial charge < -0.3 is 18.9 Å². The van der Waals surface area contributed by atoms with Crippen molar-refractivity contribution in [2.24, 2.45) is 4.99 Å². The fraction of sp³-hybridized carbons (Fsp3) is 0.162. The fourth-order valence-electron chi connectivity index (χ4n) is 5.54. The maximum atomic E-state index is 14.4. The van der Waals surface area contributed by atoms with Crippen LogP contribution in [0.15, 0.2) is 113 Å². The minimum absolute atomic E-state index is 0.195. The van der Waals surface area contributed by atoms with Crippen molar-refractivity contribution in [1.29, 1.82) is 0 Å². The van der Waals surface area contributed by atoms with E-state index in [2.05, 4.69) is 11.6 Å². The zero-order chi connectivity index (χ0) is 34.7. The van der Waals surface area contributed by atoms with E-state index in [0.717, 1.165) is 11.3 Å². The summed E-state index contributed by atoms with van der Waals surface area (Å²) in [6, 6.07) is 21.2. The molecule has 1 aliphatic heterocycles. The van der Waals surface area contributed by atoms with Crippen LogP contribution in [-0.2, 0) is 14.3 Å². The molecule has 11 nitrogen and oxygen atoms in total. The molecule has 5 aromatic rings. The average molecular weight is 677 g/mol. The number of carbonyl (C=O) groups excluding carboxylic acids is 2. The van der Waals surface area contributed by atoms with Crippen LogP contribution in [0, 0.1) is 0 Å². The SMILES string of the molecule is C=CCOc1ccc(-c2nn(-c3ccccc3)cc2/C=c2\sc3n(c2=O)C(c2ccc(OC(C)=O)c(OC)c2)C(C(=O)OC)=C(C)N=3)cc1. The monoisotopic (exact) mass is 676 g/mol. The predicted octanol–water partition coefficient (Wildman–Crippen LogP) is 4.76. The second kappa shape index (κ2) is 14.0. The third-order valence-corrected chi connectivity index (χ3v) is 8.71. The third-order valence-electron chi connectivity index (χ3n) is 7.73. The topological polar surface area (TPSA) is 123 Å². The number of esters is 2. The Morgan fingerprint density at radius 2 is 1.78 bits per heavy atom. The number of ether oxygens (including phenoxy) is 4. The summed E-state index contributed by atoms with van der Waals surface area (Å²) >= 11 is 1.20. The van der Waals surface area contributed by atoms with Gasteiger partial charge in [0.15, 0.2) is 16.3 Å². The summed E-state index contributed by atoms with van der Waals surface area (Å²) in [4.78, 5) is 44.3. The van der Waals surface area contributed by atoms with Crippen LogP contribution in [0.1, 0.15) is 31.0 Å². The van der Waals surface area contributed by atoms with E-state index in [1.807, 2.05) is 60.8 Å². The molecule has 0 radical (unpaired) electrons. The van der Waals surface area contributed by atoms with Gasteiger partial charge in [-0.05, 0) is 67.1 Å². The number of methoxy groups -OCH3 is 2. The lowest BCUT2D eigenvalue weighted by Crippen LogP contribution is -2.39. The summed E-state index contributed by atoms with van der Waals surface area (Å²) in [6.07, 6.45) is 5.33. The zero-order valence-corrected chi connectivity index (χ0v) is 28.0. The lowest BCUT2D eigenvalue weighted by Gasteiger charge is -2.25. The number of para-hydroxylation sites is 1. The standard InChI is InChI=1S/C37H32N4O7S/c1-6-18-47-28-15-12-24(13-16-28)33-26(21-40(39-33)27-10-8-7-9-11-27)20-31-35(43)41-34(32(36(44)46-5)22(2)38-37(41)49-31)25-14-17-29(48-23(3)42)30(19-25)45-4/h6-17,19-21,34H,1,18H2,2-5H3/b31-20-. The van der Waals surface area contributed by atoms with E-state index in [-0.39, 0.29) is 22.6 Å². The summed E-state index contributed by atoms with van der Waals surface area (Å²) in [6.45, 7) is 7.07. The van der Waals surface area contributed by atoms with E-state index in [1.54, 1.807) is 42.0 Å². The minimum Gasteiger partial charge on any atom is -0.493 e. The van der Waals surface area contributed by atoms with Crippen LogP contribution >= 0.6 is 11.3 Å². The number of aromatic nitrogens is 3. The molecule has 3 heterocycles. The van der Waals surface area contributed by atoms with E-state index in [1.165, 1.54) is 37.0 Å². The van der Waals surface area contributed by atoms with Crippen LogP contribution < -0.4 is 29.1 Å². The lowest BCUT2D eigenvalue weighted by molar-refractivity contribution is -0.136. The maximum absolute atomic E-state index is 14.4. The van der Waals surface area contributed by atoms with Crippen LogP contribution in [0.2, 0.25) is 0 Å². The van der Waals surface area contributed by atoms with E-state index < -0.39 is 18.0 Å². The molecule has 3 aromatic carbocycles. The molecule has 6 rings (SSSR count). The number of carbonyl (C=O) groups is 2. The summed E-state index contributed by atoms with van der Waals surface area (Å²) in [5, 5.41) is 4.90. The van der Waals surface area contributed by atoms with Crippen molar-refractivity contribution >= 4 is 29.4 Å². The van der Waals surface area contributed by atoms with Crippen molar-refractivity contribution in [3.05, 3.63) is 134 Å². The Hall–Kier alpha value is -6.01. The molecule has 49 heavy (non-hydrogen) atoms. The maximum Gasteiger partial charge on any atom is 0.338 e. The van der Waals surface area contributed by atoms with Gasteiger partial charge in [0.05, 0.1) is 41.8 Å². The van der Waals surface area contributed by atoms with Gasteiger partial charge in [-0.2, -0.15) is 5.10 Å². The summed E-state index contributed by atoms with van der Waals surface area (Å²) in [5.41, 5.74) is 3.79. The summed E-state index contributed by atoms with van der Waals surface area (Å²) in [7, 11) is 2.72. The van der Waals surface area contributed by atoms with E-state index >= 15 is 0 Å². The highest BCUT2D eigenvalue weighted by Crippen LogP contribution is 2.36. The van der Waals surface area contributed by atoms with Gasteiger partial charge in [-0.25, -0.2) is 14.5 Å². The second-order valence-corrected chi connectivity index (χ2v) is 11.9. The Labute approximate surface area is 285 Å². The Balaban J connectivity index is 1.53. The molecule has 0 fully saturated rings. The molecule has 1 unspecified atom stereocenters. The largest absolute Gasteiger partial charge is 0.493 e. The van der Waals surface area contributed by atoms with Crippen molar-refractivity contribution in [3.63, 3.8) is 0 Å². The lowest BCUT2D eigenvalue weighted by atomic mass is 9.95. The van der Waals surface area contributed by atoms with Gasteiger partial charge in [-0.3, -0.25) is 14.2 Å². The molecule has 12 heteroatoms. The number of nitrogens with zero attached hydrogens (tertiary/aromatic N) is 4. The van der Waals surface area contributed by atoms with Crippen molar-refractivity contribution in [3.8, 4) is 34.2 Å². The zero-order valence-electron chi connectivity index (χ0n) is 27.2. The average Bonchev–Trinajstić information content (AvgIpc) is 3.67. The Bertz CT molecular complexity index is 2280. The predicted molar refractivity (Wildman–Crippen MR) is 185 cm³/mol. The van der Waals surface area contributed by atoms with Crippen LogP contribution in [0.25, 0.3) is 23.0 Å². The molecular formula is C37H32N4O7S. The molecule has 0 N–H and O–H groups in total. The van der Waals surface area contributed by atoms with Crippen LogP contribution in [0.3, 0.4) is 0 Å². The summed E-state index contributed by atoms with van der Waals surface area (Å²) in [5.74, 6) is 0.00469. The van der Waals surface area contributed by atoms with Gasteiger partial charge in [-0.1, -0.05) is 48.3 Å². The number of benzene rings is 3. The first-order valence-electron chi connectivity index (χ1n) is 15.2. The molecule has 1 aliphatic rings. The second-order valence-electron chi connectivity index (χ2n) is 10.9. The van der Waals surface area contributed by atoms with Gasteiger partial charge in [0.2, 0.25) is 0 Å². The smallest absolute Gasteiger partial charge is 0.338 e. The van der Waals surface area contributed by atoms with Crippen molar-refractivity contribution in [2.75, 3.05) is 20.8 Å². The molecular weight excluding hydrogens is 644 g/mol. The van der Waals surface area contributed by atoms with Crippen molar-refractivity contribution in [2.45, 2.75) is 19.9 Å². The Morgan fingerprint density at radius 3 is 2.45 bits per heavy atom. The number of fused-ring (bicyclic) bond motifs is 1. The molecule has 0 spiro atoms. The van der Waals surface area contributed by atoms with Crippen molar-refractivity contribution in [1.82, 2.24) is 14.3 Å². The highest BCUT2D eigenvalue weighted by atomic mass is 32.1. The quantitative estimate of drug-likeness (QED) is 0.118. The molecule has 0 amide bonds. The number of rotatable bonds is 10. The van der Waals surface area contributed by atoms with Gasteiger partial charge in [0.1, 0.15) is 18.1 Å². The molecule has 0 bridgehead atoms. The van der Waals surface area contributed by atoms with Gasteiger partial charge in [-0.15, -0.1) is 0 Å². The molecule has 0 aliphatic carbocycles. The van der Waals surface area contributed by atoms with E-state index in [9.17, 15) is 14.4 Å². The van der Waals surface area contributed by atoms with Crippen LogP contribution in [0.5, 0.6) is 17.2 Å². The summed E-state index contributed by atoms with van der Waals surface area (Å²) < 4.78 is 25.2. The molecule has 0 saturated heterocycles. The number of allylic oxidation sites excluding steroid dienone is 1. The first-order chi connectivity index (χ1) is 23.7. The van der Waals surface area contributed by atoms with Gasteiger partial charge in [0, 0.05) is 24.2 Å². The highest BCUT2D eigenvalue weighted by Gasteiger charge is 2.34. The Morgan fingerprint density at radius 1 is 1.02 bits per heavy atom. The van der Waals surface area contributed by atoms with Crippen molar-refractivity contribution < 1.29 is 28.5 Å². The number of hydrogen-bond acceptors (Lipinski definition) is 10. The third kappa shape index (κ3) is 6.58. The first-order valence-corrected chi connectivity index (χ1v) is 16.0. The minimum atomic E-state index is -0.902. The number of hydrogen-bond donors (Lipinski definition) is 0. The van der Waals surface area contributed by atoms with Gasteiger partial charge in [0.25, 0.3) is 5.56 Å². The normalized spacial score (nSPS) is 14.1. The fourth-order valence-corrected chi connectivity index (χ4v) is 6.57. The molecule has 248 valence electrons. The number of thiazole rings is 1. The molecule has 2 aromatic heterocycles. The molecule has 0 saturated carbocycles. The van der Waals surface area contributed by atoms with E-state index in [0.29, 0.717) is 44.2 Å². The molecule has 1 atom stereocenters. The van der Waals surface area contributed by atoms with E-state index in [4.69, 9.17) is 24.0 Å². The van der Waals surface area contributed by atoms with Crippen LogP contribution in [-0.4, -0.2) is 47.1 Å². The first kappa shape index (κ1) is 32.9. The highest BCUT2D eigenvalue weighted by molar-refractivity contribution is 7.07.